The molecule has 24 heavy (non-hydrogen) atoms. The van der Waals surface area contributed by atoms with Gasteiger partial charge in [0.1, 0.15) is 5.57 Å². The van der Waals surface area contributed by atoms with E-state index in [1.807, 2.05) is 0 Å². The topological polar surface area (TPSA) is 67.9 Å². The Hall–Kier alpha value is -2.38. The second-order valence-electron chi connectivity index (χ2n) is 4.76. The summed E-state index contributed by atoms with van der Waals surface area (Å²) in [5.41, 5.74) is 0.455. The molecule has 0 aliphatic carbocycles. The zero-order chi connectivity index (χ0) is 17.9. The highest BCUT2D eigenvalue weighted by molar-refractivity contribution is 7.80. The van der Waals surface area contributed by atoms with Gasteiger partial charge in [-0.25, -0.2) is 0 Å². The van der Waals surface area contributed by atoms with Crippen LogP contribution in [0.15, 0.2) is 30.4 Å². The van der Waals surface area contributed by atoms with Crippen molar-refractivity contribution < 1.29 is 19.1 Å². The Labute approximate surface area is 149 Å². The molecule has 0 unspecified atom stereocenters. The summed E-state index contributed by atoms with van der Waals surface area (Å²) < 4.78 is 10.4. The average molecular weight is 367 g/mol. The van der Waals surface area contributed by atoms with Gasteiger partial charge in [0.2, 0.25) is 0 Å². The van der Waals surface area contributed by atoms with E-state index >= 15 is 0 Å². The van der Waals surface area contributed by atoms with Crippen LogP contribution >= 0.6 is 23.8 Å². The SMILES string of the molecule is C=CCN1C(=O)/C(=C/c2cc(Cl)c(OC)c(OC)c2)C(=O)NC1=S. The number of hydrogen-bond acceptors (Lipinski definition) is 5. The van der Waals surface area contributed by atoms with Crippen LogP contribution in [-0.2, 0) is 9.59 Å². The molecule has 1 aromatic carbocycles. The summed E-state index contributed by atoms with van der Waals surface area (Å²) in [6.45, 7) is 3.77. The lowest BCUT2D eigenvalue weighted by Gasteiger charge is -2.27. The van der Waals surface area contributed by atoms with E-state index in [9.17, 15) is 9.59 Å². The molecule has 0 bridgehead atoms. The van der Waals surface area contributed by atoms with Crippen molar-refractivity contribution >= 4 is 46.8 Å². The molecule has 8 heteroatoms. The van der Waals surface area contributed by atoms with Crippen molar-refractivity contribution in [2.75, 3.05) is 20.8 Å². The molecule has 6 nitrogen and oxygen atoms in total. The predicted octanol–water partition coefficient (Wildman–Crippen LogP) is 2.17. The monoisotopic (exact) mass is 366 g/mol. The molecule has 0 aromatic heterocycles. The molecule has 1 aliphatic rings. The molecule has 1 heterocycles. The lowest BCUT2D eigenvalue weighted by atomic mass is 10.1. The maximum absolute atomic E-state index is 12.5. The van der Waals surface area contributed by atoms with Gasteiger partial charge in [0.05, 0.1) is 19.2 Å². The van der Waals surface area contributed by atoms with E-state index in [1.54, 1.807) is 12.1 Å². The standard InChI is InChI=1S/C16H15ClN2O4S/c1-4-5-19-15(21)10(14(20)18-16(19)24)6-9-7-11(17)13(23-3)12(8-9)22-2/h4,6-8H,1,5H2,2-3H3,(H,18,20,24)/b10-6+. The molecule has 0 atom stereocenters. The zero-order valence-corrected chi connectivity index (χ0v) is 14.7. The number of nitrogens with zero attached hydrogens (tertiary/aromatic N) is 1. The number of methoxy groups -OCH3 is 2. The van der Waals surface area contributed by atoms with Gasteiger partial charge in [-0.1, -0.05) is 17.7 Å². The highest BCUT2D eigenvalue weighted by Gasteiger charge is 2.32. The highest BCUT2D eigenvalue weighted by atomic mass is 35.5. The largest absolute Gasteiger partial charge is 0.493 e. The molecule has 2 rings (SSSR count). The number of hydrogen-bond donors (Lipinski definition) is 1. The number of rotatable bonds is 5. The number of halogens is 1. The van der Waals surface area contributed by atoms with Gasteiger partial charge in [0.25, 0.3) is 11.8 Å². The number of amides is 2. The zero-order valence-electron chi connectivity index (χ0n) is 13.1. The fourth-order valence-corrected chi connectivity index (χ4v) is 2.72. The molecule has 126 valence electrons. The molecule has 2 amide bonds. The quantitative estimate of drug-likeness (QED) is 0.374. The van der Waals surface area contributed by atoms with Crippen molar-refractivity contribution in [1.82, 2.24) is 10.2 Å². The van der Waals surface area contributed by atoms with E-state index in [4.69, 9.17) is 33.3 Å². The Kier molecular flexibility index (Phi) is 5.58. The maximum Gasteiger partial charge on any atom is 0.265 e. The minimum atomic E-state index is -0.573. The van der Waals surface area contributed by atoms with Crippen molar-refractivity contribution in [3.05, 3.63) is 40.9 Å². The van der Waals surface area contributed by atoms with Crippen LogP contribution in [0.4, 0.5) is 0 Å². The highest BCUT2D eigenvalue weighted by Crippen LogP contribution is 2.36. The van der Waals surface area contributed by atoms with Gasteiger partial charge in [-0.15, -0.1) is 6.58 Å². The van der Waals surface area contributed by atoms with Crippen molar-refractivity contribution in [3.63, 3.8) is 0 Å². The van der Waals surface area contributed by atoms with E-state index in [1.165, 1.54) is 31.3 Å². The summed E-state index contributed by atoms with van der Waals surface area (Å²) in [6.07, 6.45) is 2.94. The van der Waals surface area contributed by atoms with Gasteiger partial charge < -0.3 is 9.47 Å². The Morgan fingerprint density at radius 1 is 1.33 bits per heavy atom. The summed E-state index contributed by atoms with van der Waals surface area (Å²) in [6, 6.07) is 3.18. The summed E-state index contributed by atoms with van der Waals surface area (Å²) in [5, 5.41) is 2.82. The Morgan fingerprint density at radius 2 is 2.04 bits per heavy atom. The molecule has 0 radical (unpaired) electrons. The first-order valence-corrected chi connectivity index (χ1v) is 7.62. The first kappa shape index (κ1) is 18.0. The fourth-order valence-electron chi connectivity index (χ4n) is 2.18. The van der Waals surface area contributed by atoms with Gasteiger partial charge in [0, 0.05) is 6.54 Å². The number of thiocarbonyl (C=S) groups is 1. The average Bonchev–Trinajstić information content (AvgIpc) is 2.54. The molecule has 1 fully saturated rings. The second-order valence-corrected chi connectivity index (χ2v) is 5.55. The van der Waals surface area contributed by atoms with E-state index in [0.717, 1.165) is 0 Å². The van der Waals surface area contributed by atoms with E-state index in [2.05, 4.69) is 11.9 Å². The van der Waals surface area contributed by atoms with E-state index in [0.29, 0.717) is 22.1 Å². The number of benzene rings is 1. The number of ether oxygens (including phenoxy) is 2. The molecule has 1 saturated heterocycles. The Balaban J connectivity index is 2.47. The van der Waals surface area contributed by atoms with Crippen molar-refractivity contribution in [2.45, 2.75) is 0 Å². The molecule has 0 saturated carbocycles. The van der Waals surface area contributed by atoms with Gasteiger partial charge in [-0.05, 0) is 36.0 Å². The molecule has 1 aromatic rings. The van der Waals surface area contributed by atoms with Gasteiger partial charge in [0.15, 0.2) is 16.6 Å². The minimum absolute atomic E-state index is 0.0485. The third-order valence-corrected chi connectivity index (χ3v) is 3.87. The molecular formula is C16H15ClN2O4S. The number of nitrogens with one attached hydrogen (secondary N) is 1. The molecule has 0 spiro atoms. The predicted molar refractivity (Wildman–Crippen MR) is 95.2 cm³/mol. The van der Waals surface area contributed by atoms with Crippen LogP contribution in [-0.4, -0.2) is 42.6 Å². The van der Waals surface area contributed by atoms with Crippen LogP contribution in [0, 0.1) is 0 Å². The third kappa shape index (κ3) is 3.42. The first-order valence-electron chi connectivity index (χ1n) is 6.84. The fraction of sp³-hybridized carbons (Fsp3) is 0.188. The van der Waals surface area contributed by atoms with Crippen molar-refractivity contribution in [1.29, 1.82) is 0 Å². The normalized spacial score (nSPS) is 16.2. The molecule has 1 aliphatic heterocycles. The maximum atomic E-state index is 12.5. The van der Waals surface area contributed by atoms with Crippen LogP contribution in [0.5, 0.6) is 11.5 Å². The van der Waals surface area contributed by atoms with Gasteiger partial charge >= 0.3 is 0 Å². The van der Waals surface area contributed by atoms with Crippen LogP contribution < -0.4 is 14.8 Å². The summed E-state index contributed by atoms with van der Waals surface area (Å²) >= 11 is 11.1. The summed E-state index contributed by atoms with van der Waals surface area (Å²) in [5.74, 6) is -0.319. The lowest BCUT2D eigenvalue weighted by molar-refractivity contribution is -0.128. The number of carbonyl (C=O) groups excluding carboxylic acids is 2. The van der Waals surface area contributed by atoms with Crippen LogP contribution in [0.2, 0.25) is 5.02 Å². The summed E-state index contributed by atoms with van der Waals surface area (Å²) in [4.78, 5) is 25.8. The van der Waals surface area contributed by atoms with E-state index in [-0.39, 0.29) is 17.2 Å². The van der Waals surface area contributed by atoms with Crippen LogP contribution in [0.25, 0.3) is 6.08 Å². The first-order chi connectivity index (χ1) is 11.4. The van der Waals surface area contributed by atoms with Crippen molar-refractivity contribution in [2.24, 2.45) is 0 Å². The van der Waals surface area contributed by atoms with Gasteiger partial charge in [-0.3, -0.25) is 19.8 Å². The Bertz CT molecular complexity index is 761. The van der Waals surface area contributed by atoms with Gasteiger partial charge in [-0.2, -0.15) is 0 Å². The summed E-state index contributed by atoms with van der Waals surface area (Å²) in [7, 11) is 2.93. The van der Waals surface area contributed by atoms with E-state index < -0.39 is 11.8 Å². The number of carbonyl (C=O) groups is 2. The molecule has 1 N–H and O–H groups in total. The van der Waals surface area contributed by atoms with Crippen LogP contribution in [0.1, 0.15) is 5.56 Å². The smallest absolute Gasteiger partial charge is 0.265 e. The second kappa shape index (κ2) is 7.46. The van der Waals surface area contributed by atoms with Crippen LogP contribution in [0.3, 0.4) is 0 Å². The third-order valence-electron chi connectivity index (χ3n) is 3.26. The van der Waals surface area contributed by atoms with Crippen molar-refractivity contribution in [3.8, 4) is 11.5 Å². The minimum Gasteiger partial charge on any atom is -0.493 e. The molecular weight excluding hydrogens is 352 g/mol. The Morgan fingerprint density at radius 3 is 2.62 bits per heavy atom. The lowest BCUT2D eigenvalue weighted by Crippen LogP contribution is -2.53.